The molecular formula is C23H29N5O. The van der Waals surface area contributed by atoms with Crippen molar-refractivity contribution in [3.05, 3.63) is 54.4 Å². The fourth-order valence-electron chi connectivity index (χ4n) is 5.18. The first-order valence-electron chi connectivity index (χ1n) is 10.7. The second-order valence-electron chi connectivity index (χ2n) is 9.02. The lowest BCUT2D eigenvalue weighted by Crippen LogP contribution is -2.36. The van der Waals surface area contributed by atoms with Crippen LogP contribution >= 0.6 is 0 Å². The average molecular weight is 392 g/mol. The van der Waals surface area contributed by atoms with E-state index < -0.39 is 0 Å². The molecule has 2 aromatic heterocycles. The van der Waals surface area contributed by atoms with Crippen molar-refractivity contribution < 1.29 is 5.11 Å². The summed E-state index contributed by atoms with van der Waals surface area (Å²) in [6.07, 6.45) is 5.33. The van der Waals surface area contributed by atoms with E-state index in [0.717, 1.165) is 55.0 Å². The molecule has 6 nitrogen and oxygen atoms in total. The highest BCUT2D eigenvalue weighted by molar-refractivity contribution is 5.75. The zero-order valence-electron chi connectivity index (χ0n) is 17.1. The molecule has 152 valence electrons. The Kier molecular flexibility index (Phi) is 4.84. The fourth-order valence-corrected chi connectivity index (χ4v) is 5.18. The van der Waals surface area contributed by atoms with E-state index in [1.54, 1.807) is 0 Å². The third-order valence-corrected chi connectivity index (χ3v) is 6.66. The molecule has 4 atom stereocenters. The molecule has 0 unspecified atom stereocenters. The van der Waals surface area contributed by atoms with Crippen LogP contribution < -0.4 is 0 Å². The first-order chi connectivity index (χ1) is 14.1. The van der Waals surface area contributed by atoms with E-state index in [9.17, 15) is 5.11 Å². The number of benzene rings is 1. The summed E-state index contributed by atoms with van der Waals surface area (Å²) in [4.78, 5) is 16.2. The Morgan fingerprint density at radius 2 is 1.86 bits per heavy atom. The summed E-state index contributed by atoms with van der Waals surface area (Å²) >= 11 is 0. The highest BCUT2D eigenvalue weighted by atomic mass is 16.3. The summed E-state index contributed by atoms with van der Waals surface area (Å²) in [7, 11) is 0. The molecule has 1 aromatic carbocycles. The first kappa shape index (κ1) is 18.7. The molecule has 29 heavy (non-hydrogen) atoms. The molecule has 1 aliphatic heterocycles. The Hall–Kier alpha value is -2.31. The van der Waals surface area contributed by atoms with E-state index in [2.05, 4.69) is 39.3 Å². The maximum Gasteiger partial charge on any atom is 0.131 e. The van der Waals surface area contributed by atoms with Crippen LogP contribution in [0.2, 0.25) is 0 Å². The summed E-state index contributed by atoms with van der Waals surface area (Å²) in [6.45, 7) is 7.24. The quantitative estimate of drug-likeness (QED) is 0.738. The van der Waals surface area contributed by atoms with Crippen LogP contribution in [0.1, 0.15) is 50.2 Å². The minimum absolute atomic E-state index is 0.107. The predicted molar refractivity (Wildman–Crippen MR) is 112 cm³/mol. The molecule has 6 heteroatoms. The lowest BCUT2D eigenvalue weighted by molar-refractivity contribution is 0.0374. The molecule has 2 fully saturated rings. The lowest BCUT2D eigenvalue weighted by atomic mass is 9.77. The smallest absolute Gasteiger partial charge is 0.131 e. The van der Waals surface area contributed by atoms with E-state index in [0.29, 0.717) is 17.8 Å². The molecule has 3 heterocycles. The minimum atomic E-state index is -0.319. The summed E-state index contributed by atoms with van der Waals surface area (Å²) in [5.41, 5.74) is 3.21. The van der Waals surface area contributed by atoms with Gasteiger partial charge in [0.05, 0.1) is 35.2 Å². The van der Waals surface area contributed by atoms with Crippen LogP contribution in [0.15, 0.2) is 42.9 Å². The fraction of sp³-hybridized carbons (Fsp3) is 0.522. The summed E-state index contributed by atoms with van der Waals surface area (Å²) in [5, 5.41) is 10.9. The van der Waals surface area contributed by atoms with Crippen molar-refractivity contribution in [3.8, 4) is 0 Å². The van der Waals surface area contributed by atoms with Crippen molar-refractivity contribution >= 4 is 11.0 Å². The van der Waals surface area contributed by atoms with Gasteiger partial charge < -0.3 is 9.67 Å². The average Bonchev–Trinajstić information content (AvgIpc) is 3.30. The molecule has 1 N–H and O–H groups in total. The molecule has 0 amide bonds. The topological polar surface area (TPSA) is 67.1 Å². The number of fused-ring (bicyclic) bond motifs is 2. The number of aliphatic hydroxyl groups excluding tert-OH is 1. The van der Waals surface area contributed by atoms with E-state index in [-0.39, 0.29) is 12.1 Å². The van der Waals surface area contributed by atoms with Gasteiger partial charge in [0, 0.05) is 31.7 Å². The monoisotopic (exact) mass is 391 g/mol. The Morgan fingerprint density at radius 3 is 2.69 bits per heavy atom. The summed E-state index contributed by atoms with van der Waals surface area (Å²) in [5.74, 6) is 2.43. The van der Waals surface area contributed by atoms with Crippen LogP contribution in [-0.4, -0.2) is 48.7 Å². The number of imidazole rings is 1. The van der Waals surface area contributed by atoms with E-state index >= 15 is 0 Å². The standard InChI is InChI=1S/C23H29N5O/c1-15(2)23-24-8-7-18(26-23)13-27-11-16-9-21(22(29)10-17(16)12-27)28-14-25-19-5-3-4-6-20(19)28/h3-8,14-17,21-22,29H,9-13H2,1-2H3/t16-,17+,21-,22-/m1/s1. The normalized spacial score (nSPS) is 27.6. The number of hydrogen-bond acceptors (Lipinski definition) is 5. The van der Waals surface area contributed by atoms with Gasteiger partial charge in [0.1, 0.15) is 5.82 Å². The van der Waals surface area contributed by atoms with Crippen molar-refractivity contribution in [3.63, 3.8) is 0 Å². The molecule has 1 saturated heterocycles. The maximum absolute atomic E-state index is 10.9. The third-order valence-electron chi connectivity index (χ3n) is 6.66. The van der Waals surface area contributed by atoms with Gasteiger partial charge in [0.25, 0.3) is 0 Å². The third kappa shape index (κ3) is 3.55. The molecule has 1 saturated carbocycles. The number of para-hydroxylation sites is 2. The van der Waals surface area contributed by atoms with Crippen LogP contribution in [0.3, 0.4) is 0 Å². The van der Waals surface area contributed by atoms with Crippen molar-refractivity contribution in [2.75, 3.05) is 13.1 Å². The van der Waals surface area contributed by atoms with Gasteiger partial charge in [-0.05, 0) is 42.9 Å². The number of likely N-dealkylation sites (tertiary alicyclic amines) is 1. The Balaban J connectivity index is 1.31. The van der Waals surface area contributed by atoms with Gasteiger partial charge in [0.15, 0.2) is 0 Å². The summed E-state index contributed by atoms with van der Waals surface area (Å²) < 4.78 is 2.19. The van der Waals surface area contributed by atoms with Gasteiger partial charge in [0.2, 0.25) is 0 Å². The van der Waals surface area contributed by atoms with E-state index in [1.165, 1.54) is 0 Å². The minimum Gasteiger partial charge on any atom is -0.391 e. The van der Waals surface area contributed by atoms with Crippen LogP contribution in [-0.2, 0) is 6.54 Å². The van der Waals surface area contributed by atoms with E-state index in [1.807, 2.05) is 36.8 Å². The second kappa shape index (κ2) is 7.50. The number of aliphatic hydroxyl groups is 1. The molecule has 1 aliphatic carbocycles. The zero-order valence-corrected chi connectivity index (χ0v) is 17.1. The van der Waals surface area contributed by atoms with Crippen LogP contribution in [0, 0.1) is 11.8 Å². The molecule has 5 rings (SSSR count). The van der Waals surface area contributed by atoms with Gasteiger partial charge in [-0.25, -0.2) is 15.0 Å². The number of aromatic nitrogens is 4. The van der Waals surface area contributed by atoms with Crippen LogP contribution in [0.25, 0.3) is 11.0 Å². The van der Waals surface area contributed by atoms with Gasteiger partial charge in [-0.1, -0.05) is 26.0 Å². The number of rotatable bonds is 4. The zero-order chi connectivity index (χ0) is 20.0. The van der Waals surface area contributed by atoms with Gasteiger partial charge in [-0.2, -0.15) is 0 Å². The highest BCUT2D eigenvalue weighted by Crippen LogP contribution is 2.42. The lowest BCUT2D eigenvalue weighted by Gasteiger charge is -2.36. The first-order valence-corrected chi connectivity index (χ1v) is 10.7. The Bertz CT molecular complexity index is 1000. The number of nitrogens with zero attached hydrogens (tertiary/aromatic N) is 5. The van der Waals surface area contributed by atoms with Crippen molar-refractivity contribution in [1.82, 2.24) is 24.4 Å². The molecule has 2 aliphatic rings. The van der Waals surface area contributed by atoms with Crippen molar-refractivity contribution in [1.29, 1.82) is 0 Å². The Morgan fingerprint density at radius 1 is 1.07 bits per heavy atom. The highest BCUT2D eigenvalue weighted by Gasteiger charge is 2.42. The van der Waals surface area contributed by atoms with E-state index in [4.69, 9.17) is 4.98 Å². The maximum atomic E-state index is 10.9. The SMILES string of the molecule is CC(C)c1nccc(CN2C[C@H]3C[C@@H](n4cnc5ccccc54)[C@H](O)C[C@H]3C2)n1. The summed E-state index contributed by atoms with van der Waals surface area (Å²) in [6, 6.07) is 10.3. The second-order valence-corrected chi connectivity index (χ2v) is 9.02. The molecule has 0 bridgehead atoms. The molecular weight excluding hydrogens is 362 g/mol. The van der Waals surface area contributed by atoms with Crippen LogP contribution in [0.5, 0.6) is 0 Å². The Labute approximate surface area is 171 Å². The van der Waals surface area contributed by atoms with Gasteiger partial charge in [-0.15, -0.1) is 0 Å². The van der Waals surface area contributed by atoms with Crippen LogP contribution in [0.4, 0.5) is 0 Å². The van der Waals surface area contributed by atoms with Gasteiger partial charge in [-0.3, -0.25) is 4.90 Å². The van der Waals surface area contributed by atoms with Gasteiger partial charge >= 0.3 is 0 Å². The predicted octanol–water partition coefficient (Wildman–Crippen LogP) is 3.39. The van der Waals surface area contributed by atoms with Crippen molar-refractivity contribution in [2.45, 2.75) is 51.3 Å². The number of hydrogen-bond donors (Lipinski definition) is 1. The molecule has 3 aromatic rings. The molecule has 0 radical (unpaired) electrons. The molecule has 0 spiro atoms. The van der Waals surface area contributed by atoms with Crippen molar-refractivity contribution in [2.24, 2.45) is 11.8 Å². The largest absolute Gasteiger partial charge is 0.391 e.